The Balaban J connectivity index is 3.64. The first-order chi connectivity index (χ1) is 6.43. The summed E-state index contributed by atoms with van der Waals surface area (Å²) in [6.45, 7) is 4.53. The van der Waals surface area contributed by atoms with Crippen molar-refractivity contribution in [1.82, 2.24) is 5.32 Å². The molecule has 78 valence electrons. The Morgan fingerprint density at radius 3 is 2.43 bits per heavy atom. The van der Waals surface area contributed by atoms with Gasteiger partial charge in [-0.05, 0) is 6.92 Å². The van der Waals surface area contributed by atoms with Crippen LogP contribution in [0.25, 0.3) is 0 Å². The maximum absolute atomic E-state index is 10.8. The van der Waals surface area contributed by atoms with Gasteiger partial charge in [-0.15, -0.1) is 0 Å². The number of carbonyl (C=O) groups is 3. The molecule has 0 spiro atoms. The average molecular weight is 200 g/mol. The van der Waals surface area contributed by atoms with Gasteiger partial charge in [0.25, 0.3) is 0 Å². The Kier molecular flexibility index (Phi) is 4.98. The fourth-order valence-electron chi connectivity index (χ4n) is 0.526. The van der Waals surface area contributed by atoms with Crippen LogP contribution in [0, 0.1) is 0 Å². The molecule has 0 aliphatic heterocycles. The molecule has 0 aromatic heterocycles. The maximum Gasteiger partial charge on any atom is 0.334 e. The highest BCUT2D eigenvalue weighted by atomic mass is 16.5. The molecule has 6 heteroatoms. The lowest BCUT2D eigenvalue weighted by atomic mass is 10.4. The van der Waals surface area contributed by atoms with Gasteiger partial charge in [-0.2, -0.15) is 0 Å². The van der Waals surface area contributed by atoms with Crippen LogP contribution in [-0.4, -0.2) is 24.5 Å². The predicted molar refractivity (Wildman–Crippen MR) is 47.7 cm³/mol. The number of nitrogens with two attached hydrogens (primary N) is 1. The zero-order chi connectivity index (χ0) is 11.1. The van der Waals surface area contributed by atoms with Gasteiger partial charge in [0.1, 0.15) is 6.42 Å². The largest absolute Gasteiger partial charge is 0.441 e. The minimum Gasteiger partial charge on any atom is -0.441 e. The molecule has 6 nitrogen and oxygen atoms in total. The summed E-state index contributed by atoms with van der Waals surface area (Å²) in [4.78, 5) is 31.8. The lowest BCUT2D eigenvalue weighted by molar-refractivity contribution is -0.141. The van der Waals surface area contributed by atoms with Gasteiger partial charge in [0, 0.05) is 5.57 Å². The highest BCUT2D eigenvalue weighted by molar-refractivity contribution is 5.96. The zero-order valence-electron chi connectivity index (χ0n) is 7.83. The maximum atomic E-state index is 10.8. The molecule has 0 heterocycles. The van der Waals surface area contributed by atoms with E-state index in [1.807, 2.05) is 0 Å². The van der Waals surface area contributed by atoms with Crippen LogP contribution in [0.1, 0.15) is 13.3 Å². The van der Waals surface area contributed by atoms with Gasteiger partial charge in [0.2, 0.25) is 11.8 Å². The summed E-state index contributed by atoms with van der Waals surface area (Å²) < 4.78 is 4.53. The van der Waals surface area contributed by atoms with E-state index in [0.29, 0.717) is 0 Å². The molecule has 0 aliphatic carbocycles. The molecule has 2 amide bonds. The smallest absolute Gasteiger partial charge is 0.334 e. The Morgan fingerprint density at radius 1 is 1.43 bits per heavy atom. The number of esters is 1. The number of ether oxygens (including phenoxy) is 1. The first-order valence-electron chi connectivity index (χ1n) is 3.81. The molecule has 0 atom stereocenters. The monoisotopic (exact) mass is 200 g/mol. The fourth-order valence-corrected chi connectivity index (χ4v) is 0.526. The van der Waals surface area contributed by atoms with E-state index in [-0.39, 0.29) is 12.3 Å². The van der Waals surface area contributed by atoms with Crippen LogP contribution in [0.5, 0.6) is 0 Å². The zero-order valence-corrected chi connectivity index (χ0v) is 7.83. The van der Waals surface area contributed by atoms with E-state index in [9.17, 15) is 14.4 Å². The third-order valence-electron chi connectivity index (χ3n) is 1.16. The lowest BCUT2D eigenvalue weighted by Gasteiger charge is -2.04. The molecule has 0 bridgehead atoms. The summed E-state index contributed by atoms with van der Waals surface area (Å²) in [5.74, 6) is -1.94. The Hall–Kier alpha value is -1.85. The van der Waals surface area contributed by atoms with Crippen LogP contribution in [0.4, 0.5) is 0 Å². The molecule has 0 aromatic carbocycles. The molecule has 3 N–H and O–H groups in total. The van der Waals surface area contributed by atoms with Crippen molar-refractivity contribution in [2.75, 3.05) is 6.73 Å². The van der Waals surface area contributed by atoms with Gasteiger partial charge in [0.05, 0.1) is 0 Å². The number of carbonyl (C=O) groups excluding carboxylic acids is 3. The lowest BCUT2D eigenvalue weighted by Crippen LogP contribution is -2.31. The van der Waals surface area contributed by atoms with Crippen molar-refractivity contribution >= 4 is 17.8 Å². The van der Waals surface area contributed by atoms with Gasteiger partial charge in [-0.25, -0.2) is 4.79 Å². The van der Waals surface area contributed by atoms with Gasteiger partial charge >= 0.3 is 5.97 Å². The van der Waals surface area contributed by atoms with Crippen molar-refractivity contribution in [3.05, 3.63) is 12.2 Å². The van der Waals surface area contributed by atoms with Crippen molar-refractivity contribution in [1.29, 1.82) is 0 Å². The standard InChI is InChI=1S/C8H12N2O4/c1-5(2)8(13)14-4-10-7(12)3-6(9)11/h1,3-4H2,2H3,(H2,9,11)(H,10,12). The number of hydrogen-bond donors (Lipinski definition) is 2. The second-order valence-corrected chi connectivity index (χ2v) is 2.60. The molecule has 0 saturated carbocycles. The van der Waals surface area contributed by atoms with Gasteiger partial charge in [-0.1, -0.05) is 6.58 Å². The molecule has 0 unspecified atom stereocenters. The highest BCUT2D eigenvalue weighted by Crippen LogP contribution is 1.90. The van der Waals surface area contributed by atoms with Crippen LogP contribution in [0.2, 0.25) is 0 Å². The predicted octanol–water partition coefficient (Wildman–Crippen LogP) is -0.945. The SMILES string of the molecule is C=C(C)C(=O)OCNC(=O)CC(N)=O. The normalized spacial score (nSPS) is 8.93. The van der Waals surface area contributed by atoms with Crippen LogP contribution < -0.4 is 11.1 Å². The minimum absolute atomic E-state index is 0.231. The molecule has 14 heavy (non-hydrogen) atoms. The van der Waals surface area contributed by atoms with E-state index in [0.717, 1.165) is 0 Å². The molecule has 0 radical (unpaired) electrons. The molecule has 0 fully saturated rings. The molecule has 0 aliphatic rings. The summed E-state index contributed by atoms with van der Waals surface area (Å²) >= 11 is 0. The third-order valence-corrected chi connectivity index (χ3v) is 1.16. The van der Waals surface area contributed by atoms with Crippen LogP contribution in [0.3, 0.4) is 0 Å². The van der Waals surface area contributed by atoms with E-state index >= 15 is 0 Å². The van der Waals surface area contributed by atoms with E-state index in [1.165, 1.54) is 6.92 Å². The summed E-state index contributed by atoms with van der Waals surface area (Å²) in [6.07, 6.45) is -0.426. The number of nitrogens with one attached hydrogen (secondary N) is 1. The average Bonchev–Trinajstić information content (AvgIpc) is 2.02. The van der Waals surface area contributed by atoms with Crippen molar-refractivity contribution in [3.8, 4) is 0 Å². The van der Waals surface area contributed by atoms with Crippen molar-refractivity contribution in [2.45, 2.75) is 13.3 Å². The van der Waals surface area contributed by atoms with Crippen molar-refractivity contribution in [3.63, 3.8) is 0 Å². The second kappa shape index (κ2) is 5.74. The number of hydrogen-bond acceptors (Lipinski definition) is 4. The highest BCUT2D eigenvalue weighted by Gasteiger charge is 2.06. The number of amides is 2. The molecular formula is C8H12N2O4. The third kappa shape index (κ3) is 5.76. The Bertz CT molecular complexity index is 273. The topological polar surface area (TPSA) is 98.5 Å². The van der Waals surface area contributed by atoms with Crippen molar-refractivity contribution < 1.29 is 19.1 Å². The van der Waals surface area contributed by atoms with Crippen LogP contribution >= 0.6 is 0 Å². The Morgan fingerprint density at radius 2 is 2.00 bits per heavy atom. The quantitative estimate of drug-likeness (QED) is 0.259. The van der Waals surface area contributed by atoms with Gasteiger partial charge < -0.3 is 15.8 Å². The van der Waals surface area contributed by atoms with E-state index in [1.54, 1.807) is 0 Å². The first kappa shape index (κ1) is 12.2. The molecule has 0 aromatic rings. The summed E-state index contributed by atoms with van der Waals surface area (Å²) in [7, 11) is 0. The van der Waals surface area contributed by atoms with Crippen LogP contribution in [0.15, 0.2) is 12.2 Å². The number of rotatable bonds is 5. The van der Waals surface area contributed by atoms with Crippen LogP contribution in [-0.2, 0) is 19.1 Å². The van der Waals surface area contributed by atoms with Gasteiger partial charge in [-0.3, -0.25) is 9.59 Å². The van der Waals surface area contributed by atoms with E-state index in [4.69, 9.17) is 5.73 Å². The summed E-state index contributed by atoms with van der Waals surface area (Å²) in [5.41, 5.74) is 4.98. The van der Waals surface area contributed by atoms with E-state index < -0.39 is 24.2 Å². The first-order valence-corrected chi connectivity index (χ1v) is 3.81. The summed E-state index contributed by atoms with van der Waals surface area (Å²) in [5, 5.41) is 2.18. The fraction of sp³-hybridized carbons (Fsp3) is 0.375. The van der Waals surface area contributed by atoms with Gasteiger partial charge in [0.15, 0.2) is 6.73 Å². The summed E-state index contributed by atoms with van der Waals surface area (Å²) in [6, 6.07) is 0. The molecular weight excluding hydrogens is 188 g/mol. The minimum atomic E-state index is -0.742. The number of primary amides is 1. The molecule has 0 rings (SSSR count). The Labute approximate surface area is 81.1 Å². The van der Waals surface area contributed by atoms with Crippen molar-refractivity contribution in [2.24, 2.45) is 5.73 Å². The molecule has 0 saturated heterocycles. The second-order valence-electron chi connectivity index (χ2n) is 2.60. The van der Waals surface area contributed by atoms with E-state index in [2.05, 4.69) is 16.6 Å².